The third-order valence-corrected chi connectivity index (χ3v) is 5.57. The predicted octanol–water partition coefficient (Wildman–Crippen LogP) is 3.75. The van der Waals surface area contributed by atoms with Crippen molar-refractivity contribution in [1.82, 2.24) is 10.6 Å². The van der Waals surface area contributed by atoms with Gasteiger partial charge in [-0.15, -0.1) is 0 Å². The average molecular weight is 406 g/mol. The molecular formula is C23H39N3O3. The van der Waals surface area contributed by atoms with E-state index in [4.69, 9.17) is 19.2 Å². The first kappa shape index (κ1) is 23.5. The minimum Gasteiger partial charge on any atom is -0.497 e. The highest BCUT2D eigenvalue weighted by Gasteiger charge is 2.36. The summed E-state index contributed by atoms with van der Waals surface area (Å²) in [6, 6.07) is 8.07. The van der Waals surface area contributed by atoms with Crippen molar-refractivity contribution < 1.29 is 14.2 Å². The highest BCUT2D eigenvalue weighted by molar-refractivity contribution is 5.79. The second-order valence-electron chi connectivity index (χ2n) is 7.64. The zero-order valence-electron chi connectivity index (χ0n) is 18.5. The molecule has 1 aromatic carbocycles. The molecule has 29 heavy (non-hydrogen) atoms. The predicted molar refractivity (Wildman–Crippen MR) is 119 cm³/mol. The molecule has 2 N–H and O–H groups in total. The first-order chi connectivity index (χ1) is 14.2. The minimum absolute atomic E-state index is 0.350. The first-order valence-corrected chi connectivity index (χ1v) is 11.0. The molecule has 0 bridgehead atoms. The van der Waals surface area contributed by atoms with E-state index in [0.29, 0.717) is 12.0 Å². The van der Waals surface area contributed by atoms with Crippen LogP contribution in [0, 0.1) is 5.41 Å². The fourth-order valence-corrected chi connectivity index (χ4v) is 3.50. The van der Waals surface area contributed by atoms with Gasteiger partial charge in [-0.05, 0) is 62.6 Å². The summed E-state index contributed by atoms with van der Waals surface area (Å²) in [7, 11) is 1.68. The van der Waals surface area contributed by atoms with Crippen LogP contribution in [0.2, 0.25) is 0 Å². The summed E-state index contributed by atoms with van der Waals surface area (Å²) in [6.07, 6.45) is 5.93. The Morgan fingerprint density at radius 1 is 1.03 bits per heavy atom. The maximum Gasteiger partial charge on any atom is 0.191 e. The Kier molecular flexibility index (Phi) is 10.9. The van der Waals surface area contributed by atoms with Crippen LogP contribution in [-0.4, -0.2) is 52.6 Å². The van der Waals surface area contributed by atoms with Gasteiger partial charge < -0.3 is 24.8 Å². The van der Waals surface area contributed by atoms with Gasteiger partial charge in [-0.25, -0.2) is 4.99 Å². The van der Waals surface area contributed by atoms with E-state index in [9.17, 15) is 0 Å². The van der Waals surface area contributed by atoms with Gasteiger partial charge in [0.05, 0.1) is 13.7 Å². The molecule has 0 amide bonds. The zero-order valence-corrected chi connectivity index (χ0v) is 18.5. The molecule has 1 aliphatic rings. The molecule has 0 aromatic heterocycles. The molecular weight excluding hydrogens is 366 g/mol. The number of guanidine groups is 1. The Balaban J connectivity index is 1.90. The molecule has 1 aliphatic carbocycles. The number of rotatable bonds is 14. The van der Waals surface area contributed by atoms with Crippen LogP contribution < -0.4 is 15.4 Å². The number of hydrogen-bond acceptors (Lipinski definition) is 4. The molecule has 0 atom stereocenters. The highest BCUT2D eigenvalue weighted by atomic mass is 16.5. The summed E-state index contributed by atoms with van der Waals surface area (Å²) in [4.78, 5) is 4.81. The molecule has 1 fully saturated rings. The van der Waals surface area contributed by atoms with Gasteiger partial charge in [-0.1, -0.05) is 18.6 Å². The molecule has 0 spiro atoms. The third kappa shape index (κ3) is 8.62. The summed E-state index contributed by atoms with van der Waals surface area (Å²) >= 11 is 0. The summed E-state index contributed by atoms with van der Waals surface area (Å²) in [5.41, 5.74) is 1.51. The monoisotopic (exact) mass is 405 g/mol. The van der Waals surface area contributed by atoms with Crippen molar-refractivity contribution in [3.63, 3.8) is 0 Å². The number of nitrogens with one attached hydrogen (secondary N) is 2. The normalized spacial score (nSPS) is 15.6. The molecule has 0 unspecified atom stereocenters. The van der Waals surface area contributed by atoms with Crippen molar-refractivity contribution in [1.29, 1.82) is 0 Å². The van der Waals surface area contributed by atoms with E-state index >= 15 is 0 Å². The molecule has 2 rings (SSSR count). The van der Waals surface area contributed by atoms with Crippen molar-refractivity contribution in [2.75, 3.05) is 46.6 Å². The van der Waals surface area contributed by atoms with Gasteiger partial charge in [0.25, 0.3) is 0 Å². The van der Waals surface area contributed by atoms with E-state index in [1.807, 2.05) is 19.1 Å². The van der Waals surface area contributed by atoms with Crippen molar-refractivity contribution in [2.24, 2.45) is 10.4 Å². The van der Waals surface area contributed by atoms with Gasteiger partial charge in [0.1, 0.15) is 5.75 Å². The maximum atomic E-state index is 5.60. The van der Waals surface area contributed by atoms with E-state index in [0.717, 1.165) is 69.6 Å². The summed E-state index contributed by atoms with van der Waals surface area (Å²) in [6.45, 7) is 9.68. The Labute approximate surface area is 176 Å². The van der Waals surface area contributed by atoms with Crippen LogP contribution in [0.15, 0.2) is 29.3 Å². The summed E-state index contributed by atoms with van der Waals surface area (Å²) < 4.78 is 16.3. The van der Waals surface area contributed by atoms with E-state index < -0.39 is 0 Å². The lowest BCUT2D eigenvalue weighted by molar-refractivity contribution is 0.0572. The number of ether oxygens (including phenoxy) is 3. The van der Waals surface area contributed by atoms with E-state index in [2.05, 4.69) is 29.7 Å². The molecule has 1 saturated carbocycles. The topological polar surface area (TPSA) is 64.1 Å². The van der Waals surface area contributed by atoms with Gasteiger partial charge in [0, 0.05) is 39.5 Å². The zero-order chi connectivity index (χ0) is 20.8. The van der Waals surface area contributed by atoms with Crippen LogP contribution in [0.1, 0.15) is 51.5 Å². The smallest absolute Gasteiger partial charge is 0.191 e. The lowest BCUT2D eigenvalue weighted by Gasteiger charge is -2.42. The number of aliphatic imine (C=N–C) groups is 1. The second kappa shape index (κ2) is 13.4. The molecule has 6 heteroatoms. The number of methoxy groups -OCH3 is 1. The molecule has 1 aromatic rings. The van der Waals surface area contributed by atoms with Gasteiger partial charge in [-0.2, -0.15) is 0 Å². The van der Waals surface area contributed by atoms with Crippen LogP contribution in [-0.2, 0) is 16.0 Å². The summed E-state index contributed by atoms with van der Waals surface area (Å²) in [5.74, 6) is 1.74. The second-order valence-corrected chi connectivity index (χ2v) is 7.64. The Morgan fingerprint density at radius 2 is 1.76 bits per heavy atom. The molecule has 0 aliphatic heterocycles. The van der Waals surface area contributed by atoms with Crippen LogP contribution in [0.25, 0.3) is 0 Å². The van der Waals surface area contributed by atoms with Gasteiger partial charge >= 0.3 is 0 Å². The quantitative estimate of drug-likeness (QED) is 0.280. The molecule has 0 radical (unpaired) electrons. The first-order valence-electron chi connectivity index (χ1n) is 11.0. The largest absolute Gasteiger partial charge is 0.497 e. The minimum atomic E-state index is 0.350. The number of nitrogens with zero attached hydrogens (tertiary/aromatic N) is 1. The van der Waals surface area contributed by atoms with Gasteiger partial charge in [0.15, 0.2) is 5.96 Å². The van der Waals surface area contributed by atoms with Crippen molar-refractivity contribution in [2.45, 2.75) is 52.5 Å². The molecule has 6 nitrogen and oxygen atoms in total. The Bertz CT molecular complexity index is 586. The lowest BCUT2D eigenvalue weighted by Crippen LogP contribution is -2.47. The van der Waals surface area contributed by atoms with Gasteiger partial charge in [0.2, 0.25) is 0 Å². The SMILES string of the molecule is CCOCCCNC(=NCc1ccc(OC)cc1)NCC1(CCOCC)CCC1. The van der Waals surface area contributed by atoms with Crippen LogP contribution in [0.3, 0.4) is 0 Å². The highest BCUT2D eigenvalue weighted by Crippen LogP contribution is 2.43. The Morgan fingerprint density at radius 3 is 2.38 bits per heavy atom. The molecule has 164 valence electrons. The molecule has 0 heterocycles. The van der Waals surface area contributed by atoms with Gasteiger partial charge in [-0.3, -0.25) is 0 Å². The number of hydrogen-bond donors (Lipinski definition) is 2. The van der Waals surface area contributed by atoms with E-state index in [-0.39, 0.29) is 0 Å². The fraction of sp³-hybridized carbons (Fsp3) is 0.696. The van der Waals surface area contributed by atoms with Crippen molar-refractivity contribution in [3.05, 3.63) is 29.8 Å². The standard InChI is InChI=1S/C23H39N3O3/c1-4-28-16-7-15-24-22(25-18-20-8-10-21(27-3)11-9-20)26-19-23(12-6-13-23)14-17-29-5-2/h8-11H,4-7,12-19H2,1-3H3,(H2,24,25,26). The average Bonchev–Trinajstić information content (AvgIpc) is 2.72. The van der Waals surface area contributed by atoms with Crippen LogP contribution >= 0.6 is 0 Å². The lowest BCUT2D eigenvalue weighted by atomic mass is 9.67. The third-order valence-electron chi connectivity index (χ3n) is 5.57. The summed E-state index contributed by atoms with van der Waals surface area (Å²) in [5, 5.41) is 7.05. The Hall–Kier alpha value is -1.79. The van der Waals surface area contributed by atoms with Crippen molar-refractivity contribution >= 4 is 5.96 Å². The fourth-order valence-electron chi connectivity index (χ4n) is 3.50. The van der Waals surface area contributed by atoms with E-state index in [1.54, 1.807) is 7.11 Å². The maximum absolute atomic E-state index is 5.60. The van der Waals surface area contributed by atoms with Crippen molar-refractivity contribution in [3.8, 4) is 5.75 Å². The van der Waals surface area contributed by atoms with Crippen LogP contribution in [0.4, 0.5) is 0 Å². The number of benzene rings is 1. The molecule has 0 saturated heterocycles. The van der Waals surface area contributed by atoms with Crippen LogP contribution in [0.5, 0.6) is 5.75 Å². The van der Waals surface area contributed by atoms with E-state index in [1.165, 1.54) is 19.3 Å².